The van der Waals surface area contributed by atoms with E-state index in [2.05, 4.69) is 20.4 Å². The van der Waals surface area contributed by atoms with E-state index in [1.165, 1.54) is 0 Å². The van der Waals surface area contributed by atoms with E-state index in [0.717, 1.165) is 42.8 Å². The predicted molar refractivity (Wildman–Crippen MR) is 65.9 cm³/mol. The van der Waals surface area contributed by atoms with E-state index in [4.69, 9.17) is 4.74 Å². The molecule has 0 aromatic carbocycles. The zero-order valence-corrected chi connectivity index (χ0v) is 10.2. The van der Waals surface area contributed by atoms with Crippen LogP contribution >= 0.6 is 0 Å². The number of nitrogens with one attached hydrogen (secondary N) is 1. The maximum atomic E-state index is 5.00. The highest BCUT2D eigenvalue weighted by atomic mass is 16.5. The standard InChI is InChI=1S/C11H17N5O/c1-16-11-9(7-15-16)10(13-8-14-11)12-5-3-4-6-17-2/h7-8H,3-6H2,1-2H3,(H,12,13,14). The Hall–Kier alpha value is -1.69. The van der Waals surface area contributed by atoms with E-state index in [0.29, 0.717) is 0 Å². The molecule has 6 heteroatoms. The molecule has 0 bridgehead atoms. The lowest BCUT2D eigenvalue weighted by atomic mass is 10.3. The summed E-state index contributed by atoms with van der Waals surface area (Å²) >= 11 is 0. The van der Waals surface area contributed by atoms with Crippen LogP contribution in [0.25, 0.3) is 11.0 Å². The van der Waals surface area contributed by atoms with Gasteiger partial charge in [0.1, 0.15) is 12.1 Å². The van der Waals surface area contributed by atoms with E-state index in [-0.39, 0.29) is 0 Å². The molecular formula is C11H17N5O. The average Bonchev–Trinajstić information content (AvgIpc) is 2.72. The molecule has 0 saturated heterocycles. The second-order valence-electron chi connectivity index (χ2n) is 3.85. The minimum atomic E-state index is 0.799. The fourth-order valence-electron chi connectivity index (χ4n) is 1.68. The van der Waals surface area contributed by atoms with Crippen molar-refractivity contribution in [2.24, 2.45) is 7.05 Å². The van der Waals surface area contributed by atoms with Crippen molar-refractivity contribution in [2.45, 2.75) is 12.8 Å². The van der Waals surface area contributed by atoms with Crippen LogP contribution in [0.3, 0.4) is 0 Å². The lowest BCUT2D eigenvalue weighted by molar-refractivity contribution is 0.194. The second-order valence-corrected chi connectivity index (χ2v) is 3.85. The Balaban J connectivity index is 1.99. The minimum Gasteiger partial charge on any atom is -0.385 e. The highest BCUT2D eigenvalue weighted by Gasteiger charge is 2.06. The molecule has 6 nitrogen and oxygen atoms in total. The Morgan fingerprint density at radius 3 is 3.06 bits per heavy atom. The van der Waals surface area contributed by atoms with Crippen molar-refractivity contribution < 1.29 is 4.74 Å². The summed E-state index contributed by atoms with van der Waals surface area (Å²) in [5.41, 5.74) is 0.847. The third kappa shape index (κ3) is 2.71. The molecular weight excluding hydrogens is 218 g/mol. The Morgan fingerprint density at radius 2 is 2.24 bits per heavy atom. The van der Waals surface area contributed by atoms with Gasteiger partial charge in [-0.1, -0.05) is 0 Å². The molecule has 0 amide bonds. The van der Waals surface area contributed by atoms with Crippen LogP contribution in [0.15, 0.2) is 12.5 Å². The molecule has 0 unspecified atom stereocenters. The van der Waals surface area contributed by atoms with Crippen LogP contribution in [0.4, 0.5) is 5.82 Å². The van der Waals surface area contributed by atoms with Crippen molar-refractivity contribution >= 4 is 16.9 Å². The number of ether oxygens (including phenoxy) is 1. The van der Waals surface area contributed by atoms with Gasteiger partial charge in [-0.15, -0.1) is 0 Å². The van der Waals surface area contributed by atoms with Crippen LogP contribution in [0.1, 0.15) is 12.8 Å². The van der Waals surface area contributed by atoms with Gasteiger partial charge in [-0.25, -0.2) is 9.97 Å². The smallest absolute Gasteiger partial charge is 0.163 e. The van der Waals surface area contributed by atoms with Crippen molar-refractivity contribution in [2.75, 3.05) is 25.6 Å². The number of methoxy groups -OCH3 is 1. The van der Waals surface area contributed by atoms with Gasteiger partial charge in [-0.2, -0.15) is 5.10 Å². The number of nitrogens with zero attached hydrogens (tertiary/aromatic N) is 4. The number of unbranched alkanes of at least 4 members (excludes halogenated alkanes) is 1. The van der Waals surface area contributed by atoms with E-state index >= 15 is 0 Å². The van der Waals surface area contributed by atoms with Gasteiger partial charge in [0.15, 0.2) is 5.65 Å². The topological polar surface area (TPSA) is 64.9 Å². The number of hydrogen-bond acceptors (Lipinski definition) is 5. The number of rotatable bonds is 6. The molecule has 0 aliphatic rings. The zero-order valence-electron chi connectivity index (χ0n) is 10.2. The van der Waals surface area contributed by atoms with E-state index < -0.39 is 0 Å². The Labute approximate surface area is 100 Å². The van der Waals surface area contributed by atoms with Gasteiger partial charge in [-0.3, -0.25) is 4.68 Å². The van der Waals surface area contributed by atoms with Gasteiger partial charge in [0.05, 0.1) is 11.6 Å². The zero-order chi connectivity index (χ0) is 12.1. The van der Waals surface area contributed by atoms with Crippen molar-refractivity contribution in [1.29, 1.82) is 0 Å². The van der Waals surface area contributed by atoms with Gasteiger partial charge in [0, 0.05) is 27.3 Å². The lowest BCUT2D eigenvalue weighted by Gasteiger charge is -2.05. The molecule has 0 spiro atoms. The number of aromatic nitrogens is 4. The quantitative estimate of drug-likeness (QED) is 0.762. The fourth-order valence-corrected chi connectivity index (χ4v) is 1.68. The number of hydrogen-bond donors (Lipinski definition) is 1. The Bertz CT molecular complexity index is 482. The number of anilines is 1. The number of fused-ring (bicyclic) bond motifs is 1. The highest BCUT2D eigenvalue weighted by molar-refractivity contribution is 5.85. The van der Waals surface area contributed by atoms with Gasteiger partial charge in [0.2, 0.25) is 0 Å². The Kier molecular flexibility index (Phi) is 3.87. The van der Waals surface area contributed by atoms with Crippen molar-refractivity contribution in [3.63, 3.8) is 0 Å². The van der Waals surface area contributed by atoms with Crippen LogP contribution in [0.5, 0.6) is 0 Å². The van der Waals surface area contributed by atoms with E-state index in [1.807, 2.05) is 7.05 Å². The summed E-state index contributed by atoms with van der Waals surface area (Å²) in [5.74, 6) is 0.848. The molecule has 92 valence electrons. The minimum absolute atomic E-state index is 0.799. The van der Waals surface area contributed by atoms with Crippen LogP contribution in [-0.4, -0.2) is 40.0 Å². The monoisotopic (exact) mass is 235 g/mol. The second kappa shape index (κ2) is 5.58. The summed E-state index contributed by atoms with van der Waals surface area (Å²) in [6.07, 6.45) is 5.44. The lowest BCUT2D eigenvalue weighted by Crippen LogP contribution is -2.05. The predicted octanol–water partition coefficient (Wildman–Crippen LogP) is 1.20. The molecule has 0 aliphatic heterocycles. The SMILES string of the molecule is COCCCCNc1ncnc2c1cnn2C. The molecule has 2 rings (SSSR count). The summed E-state index contributed by atoms with van der Waals surface area (Å²) in [5, 5.41) is 8.43. The van der Waals surface area contributed by atoms with Gasteiger partial charge < -0.3 is 10.1 Å². The molecule has 1 N–H and O–H groups in total. The molecule has 0 atom stereocenters. The first-order chi connectivity index (χ1) is 8.33. The molecule has 2 aromatic heterocycles. The number of aryl methyl sites for hydroxylation is 1. The molecule has 2 aromatic rings. The molecule has 0 fully saturated rings. The first kappa shape index (κ1) is 11.8. The summed E-state index contributed by atoms with van der Waals surface area (Å²) < 4.78 is 6.74. The highest BCUT2D eigenvalue weighted by Crippen LogP contribution is 2.17. The maximum Gasteiger partial charge on any atom is 0.163 e. The average molecular weight is 235 g/mol. The van der Waals surface area contributed by atoms with E-state index in [1.54, 1.807) is 24.3 Å². The first-order valence-corrected chi connectivity index (χ1v) is 5.68. The van der Waals surface area contributed by atoms with Crippen LogP contribution < -0.4 is 5.32 Å². The van der Waals surface area contributed by atoms with Gasteiger partial charge >= 0.3 is 0 Å². The Morgan fingerprint density at radius 1 is 1.35 bits per heavy atom. The molecule has 0 saturated carbocycles. The van der Waals surface area contributed by atoms with E-state index in [9.17, 15) is 0 Å². The normalized spacial score (nSPS) is 10.9. The molecule has 0 aliphatic carbocycles. The van der Waals surface area contributed by atoms with Crippen molar-refractivity contribution in [3.8, 4) is 0 Å². The molecule has 17 heavy (non-hydrogen) atoms. The molecule has 2 heterocycles. The van der Waals surface area contributed by atoms with Gasteiger partial charge in [0.25, 0.3) is 0 Å². The van der Waals surface area contributed by atoms with Crippen molar-refractivity contribution in [3.05, 3.63) is 12.5 Å². The van der Waals surface area contributed by atoms with Crippen molar-refractivity contribution in [1.82, 2.24) is 19.7 Å². The van der Waals surface area contributed by atoms with Crippen LogP contribution in [-0.2, 0) is 11.8 Å². The molecule has 0 radical (unpaired) electrons. The summed E-state index contributed by atoms with van der Waals surface area (Å²) in [7, 11) is 3.59. The van der Waals surface area contributed by atoms with Crippen LogP contribution in [0.2, 0.25) is 0 Å². The summed E-state index contributed by atoms with van der Waals surface area (Å²) in [4.78, 5) is 8.42. The van der Waals surface area contributed by atoms with Gasteiger partial charge in [-0.05, 0) is 12.8 Å². The van der Waals surface area contributed by atoms with Crippen LogP contribution in [0, 0.1) is 0 Å². The third-order valence-corrected chi connectivity index (χ3v) is 2.60. The third-order valence-electron chi connectivity index (χ3n) is 2.60. The summed E-state index contributed by atoms with van der Waals surface area (Å²) in [6.45, 7) is 1.68. The largest absolute Gasteiger partial charge is 0.385 e. The summed E-state index contributed by atoms with van der Waals surface area (Å²) in [6, 6.07) is 0. The maximum absolute atomic E-state index is 5.00. The fraction of sp³-hybridized carbons (Fsp3) is 0.545. The first-order valence-electron chi connectivity index (χ1n) is 5.68.